The van der Waals surface area contributed by atoms with Gasteiger partial charge in [0, 0.05) is 0 Å². The second kappa shape index (κ2) is 4.72. The van der Waals surface area contributed by atoms with E-state index in [2.05, 4.69) is 10.6 Å². The summed E-state index contributed by atoms with van der Waals surface area (Å²) in [7, 11) is 0. The van der Waals surface area contributed by atoms with Crippen molar-refractivity contribution >= 4 is 5.97 Å². The van der Waals surface area contributed by atoms with Gasteiger partial charge in [-0.2, -0.15) is 0 Å². The lowest BCUT2D eigenvalue weighted by Crippen LogP contribution is -2.55. The smallest absolute Gasteiger partial charge is 0.323 e. The van der Waals surface area contributed by atoms with Crippen LogP contribution in [0.15, 0.2) is 0 Å². The molecule has 2 unspecified atom stereocenters. The predicted molar refractivity (Wildman–Crippen MR) is 62.4 cm³/mol. The van der Waals surface area contributed by atoms with Crippen molar-refractivity contribution < 1.29 is 9.90 Å². The molecule has 92 valence electrons. The Morgan fingerprint density at radius 1 is 1.19 bits per heavy atom. The Labute approximate surface area is 96.8 Å². The van der Waals surface area contributed by atoms with E-state index in [-0.39, 0.29) is 0 Å². The summed E-state index contributed by atoms with van der Waals surface area (Å²) in [6, 6.07) is 0. The minimum absolute atomic E-state index is 0.587. The third-order valence-corrected chi connectivity index (χ3v) is 4.22. The van der Waals surface area contributed by atoms with Crippen molar-refractivity contribution in [3.63, 3.8) is 0 Å². The van der Waals surface area contributed by atoms with Gasteiger partial charge in [-0.15, -0.1) is 0 Å². The fraction of sp³-hybridized carbons (Fsp3) is 0.917. The number of carboxylic acid groups (broad SMARTS) is 1. The van der Waals surface area contributed by atoms with Gasteiger partial charge < -0.3 is 15.7 Å². The Balaban J connectivity index is 1.98. The SMILES string of the molecule is CC1(C(=O)O)CC(C2CCNCC2)CCN1. The molecule has 0 spiro atoms. The molecule has 2 rings (SSSR count). The first-order chi connectivity index (χ1) is 7.62. The maximum absolute atomic E-state index is 11.2. The maximum Gasteiger partial charge on any atom is 0.323 e. The Morgan fingerprint density at radius 2 is 1.81 bits per heavy atom. The van der Waals surface area contributed by atoms with Crippen LogP contribution in [0.1, 0.15) is 32.6 Å². The predicted octanol–water partition coefficient (Wildman–Crippen LogP) is 0.829. The third-order valence-electron chi connectivity index (χ3n) is 4.22. The molecule has 0 bridgehead atoms. The standard InChI is InChI=1S/C12H22N2O2/c1-12(11(15)16)8-10(4-7-14-12)9-2-5-13-6-3-9/h9-10,13-14H,2-8H2,1H3,(H,15,16). The number of nitrogens with one attached hydrogen (secondary N) is 2. The van der Waals surface area contributed by atoms with Gasteiger partial charge in [0.2, 0.25) is 0 Å². The second-order valence-electron chi connectivity index (χ2n) is 5.40. The van der Waals surface area contributed by atoms with Crippen LogP contribution in [0.25, 0.3) is 0 Å². The van der Waals surface area contributed by atoms with E-state index in [0.717, 1.165) is 38.4 Å². The highest BCUT2D eigenvalue weighted by atomic mass is 16.4. The molecule has 0 saturated carbocycles. The summed E-state index contributed by atoms with van der Waals surface area (Å²) < 4.78 is 0. The highest BCUT2D eigenvalue weighted by molar-refractivity contribution is 5.78. The van der Waals surface area contributed by atoms with Gasteiger partial charge in [0.1, 0.15) is 5.54 Å². The lowest BCUT2D eigenvalue weighted by molar-refractivity contribution is -0.146. The van der Waals surface area contributed by atoms with E-state index < -0.39 is 11.5 Å². The zero-order valence-corrected chi connectivity index (χ0v) is 9.96. The van der Waals surface area contributed by atoms with E-state index in [4.69, 9.17) is 0 Å². The van der Waals surface area contributed by atoms with Crippen molar-refractivity contribution in [2.24, 2.45) is 11.8 Å². The van der Waals surface area contributed by atoms with Crippen LogP contribution in [0.2, 0.25) is 0 Å². The van der Waals surface area contributed by atoms with Crippen LogP contribution >= 0.6 is 0 Å². The minimum Gasteiger partial charge on any atom is -0.480 e. The van der Waals surface area contributed by atoms with Gasteiger partial charge in [-0.1, -0.05) is 0 Å². The molecule has 0 aromatic heterocycles. The summed E-state index contributed by atoms with van der Waals surface area (Å²) in [5.74, 6) is 0.609. The van der Waals surface area contributed by atoms with E-state index in [0.29, 0.717) is 5.92 Å². The Kier molecular flexibility index (Phi) is 3.50. The zero-order chi connectivity index (χ0) is 11.6. The van der Waals surface area contributed by atoms with E-state index in [1.165, 1.54) is 12.8 Å². The van der Waals surface area contributed by atoms with Gasteiger partial charge in [0.05, 0.1) is 0 Å². The third kappa shape index (κ3) is 2.38. The van der Waals surface area contributed by atoms with Crippen molar-refractivity contribution in [1.82, 2.24) is 10.6 Å². The van der Waals surface area contributed by atoms with E-state index >= 15 is 0 Å². The zero-order valence-electron chi connectivity index (χ0n) is 9.96. The quantitative estimate of drug-likeness (QED) is 0.652. The van der Waals surface area contributed by atoms with Crippen LogP contribution in [-0.2, 0) is 4.79 Å². The summed E-state index contributed by atoms with van der Waals surface area (Å²) in [5.41, 5.74) is -0.701. The summed E-state index contributed by atoms with van der Waals surface area (Å²) in [6.45, 7) is 4.86. The van der Waals surface area contributed by atoms with E-state index in [1.54, 1.807) is 0 Å². The van der Waals surface area contributed by atoms with Crippen molar-refractivity contribution in [2.45, 2.75) is 38.1 Å². The first-order valence-corrected chi connectivity index (χ1v) is 6.31. The van der Waals surface area contributed by atoms with Gasteiger partial charge in [0.15, 0.2) is 0 Å². The lowest BCUT2D eigenvalue weighted by atomic mass is 9.73. The molecule has 2 aliphatic rings. The van der Waals surface area contributed by atoms with Gasteiger partial charge in [-0.05, 0) is 64.1 Å². The fourth-order valence-electron chi connectivity index (χ4n) is 3.11. The molecule has 0 aliphatic carbocycles. The molecule has 2 fully saturated rings. The van der Waals surface area contributed by atoms with E-state index in [1.807, 2.05) is 6.92 Å². The number of piperidine rings is 2. The number of hydrogen-bond acceptors (Lipinski definition) is 3. The molecule has 4 heteroatoms. The lowest BCUT2D eigenvalue weighted by Gasteiger charge is -2.40. The molecule has 2 atom stereocenters. The normalized spacial score (nSPS) is 37.2. The molecular formula is C12H22N2O2. The molecule has 2 saturated heterocycles. The summed E-state index contributed by atoms with van der Waals surface area (Å²) in [4.78, 5) is 11.2. The molecule has 2 aliphatic heterocycles. The Hall–Kier alpha value is -0.610. The van der Waals surface area contributed by atoms with Crippen molar-refractivity contribution in [3.05, 3.63) is 0 Å². The molecule has 0 radical (unpaired) electrons. The molecule has 4 nitrogen and oxygen atoms in total. The topological polar surface area (TPSA) is 61.4 Å². The largest absolute Gasteiger partial charge is 0.480 e. The van der Waals surface area contributed by atoms with E-state index in [9.17, 15) is 9.90 Å². The number of aliphatic carboxylic acids is 1. The maximum atomic E-state index is 11.2. The van der Waals surface area contributed by atoms with Gasteiger partial charge >= 0.3 is 5.97 Å². The van der Waals surface area contributed by atoms with Gasteiger partial charge in [-0.25, -0.2) is 0 Å². The summed E-state index contributed by atoms with van der Waals surface area (Å²) in [5, 5.41) is 15.8. The second-order valence-corrected chi connectivity index (χ2v) is 5.40. The molecule has 16 heavy (non-hydrogen) atoms. The molecule has 0 aromatic rings. The van der Waals surface area contributed by atoms with Gasteiger partial charge in [0.25, 0.3) is 0 Å². The first kappa shape index (κ1) is 11.9. The average molecular weight is 226 g/mol. The summed E-state index contributed by atoms with van der Waals surface area (Å²) in [6.07, 6.45) is 4.33. The van der Waals surface area contributed by atoms with Crippen molar-refractivity contribution in [2.75, 3.05) is 19.6 Å². The monoisotopic (exact) mass is 226 g/mol. The van der Waals surface area contributed by atoms with Crippen molar-refractivity contribution in [3.8, 4) is 0 Å². The van der Waals surface area contributed by atoms with Crippen LogP contribution in [0.5, 0.6) is 0 Å². The van der Waals surface area contributed by atoms with Crippen LogP contribution in [0.3, 0.4) is 0 Å². The molecule has 2 heterocycles. The number of rotatable bonds is 2. The Morgan fingerprint density at radius 3 is 2.44 bits per heavy atom. The number of carbonyl (C=O) groups is 1. The highest BCUT2D eigenvalue weighted by Crippen LogP contribution is 2.34. The van der Waals surface area contributed by atoms with Gasteiger partial charge in [-0.3, -0.25) is 4.79 Å². The van der Waals surface area contributed by atoms with Crippen LogP contribution in [-0.4, -0.2) is 36.2 Å². The molecule has 0 amide bonds. The Bertz CT molecular complexity index is 264. The van der Waals surface area contributed by atoms with Crippen LogP contribution in [0, 0.1) is 11.8 Å². The number of carboxylic acids is 1. The van der Waals surface area contributed by atoms with Crippen LogP contribution < -0.4 is 10.6 Å². The van der Waals surface area contributed by atoms with Crippen molar-refractivity contribution in [1.29, 1.82) is 0 Å². The minimum atomic E-state index is -0.703. The fourth-order valence-corrected chi connectivity index (χ4v) is 3.11. The summed E-state index contributed by atoms with van der Waals surface area (Å²) >= 11 is 0. The molecule has 0 aromatic carbocycles. The average Bonchev–Trinajstić information content (AvgIpc) is 2.30. The first-order valence-electron chi connectivity index (χ1n) is 6.31. The molecule has 3 N–H and O–H groups in total. The number of hydrogen-bond donors (Lipinski definition) is 3. The highest BCUT2D eigenvalue weighted by Gasteiger charge is 2.40. The van der Waals surface area contributed by atoms with Crippen LogP contribution in [0.4, 0.5) is 0 Å². The molecular weight excluding hydrogens is 204 g/mol.